The van der Waals surface area contributed by atoms with Crippen LogP contribution in [-0.2, 0) is 4.79 Å². The van der Waals surface area contributed by atoms with E-state index in [4.69, 9.17) is 9.68 Å². The van der Waals surface area contributed by atoms with Crippen molar-refractivity contribution in [1.82, 2.24) is 0 Å². The van der Waals surface area contributed by atoms with E-state index in [0.717, 1.165) is 0 Å². The molecule has 1 aromatic rings. The Balaban J connectivity index is 3.00. The average molecular weight is 147 g/mol. The van der Waals surface area contributed by atoms with Gasteiger partial charge in [-0.15, -0.1) is 0 Å². The molecule has 3 nitrogen and oxygen atoms in total. The molecule has 0 aliphatic heterocycles. The first-order valence-corrected chi connectivity index (χ1v) is 2.98. The van der Waals surface area contributed by atoms with Crippen molar-refractivity contribution >= 4 is 11.9 Å². The summed E-state index contributed by atoms with van der Waals surface area (Å²) in [4.78, 5) is 10.0. The summed E-state index contributed by atoms with van der Waals surface area (Å²) in [7, 11) is 0. The highest BCUT2D eigenvalue weighted by Crippen LogP contribution is 2.12. The zero-order valence-electron chi connectivity index (χ0n) is 5.65. The first-order chi connectivity index (χ1) is 5.38. The molecular weight excluding hydrogens is 142 g/mol. The minimum Gasteiger partial charge on any atom is -0.464 e. The van der Waals surface area contributed by atoms with Crippen molar-refractivity contribution in [2.75, 3.05) is 0 Å². The van der Waals surface area contributed by atoms with Crippen molar-refractivity contribution in [2.24, 2.45) is 0 Å². The molecule has 1 heterocycles. The monoisotopic (exact) mass is 147 g/mol. The van der Waals surface area contributed by atoms with Crippen LogP contribution in [0.3, 0.4) is 0 Å². The third-order valence-electron chi connectivity index (χ3n) is 1.14. The van der Waals surface area contributed by atoms with Gasteiger partial charge in [-0.1, -0.05) is 0 Å². The minimum absolute atomic E-state index is 0.241. The van der Waals surface area contributed by atoms with Gasteiger partial charge in [-0.05, 0) is 18.2 Å². The molecule has 0 amide bonds. The van der Waals surface area contributed by atoms with Crippen LogP contribution in [0.15, 0.2) is 28.9 Å². The highest BCUT2D eigenvalue weighted by Gasteiger charge is 2.00. The zero-order valence-corrected chi connectivity index (χ0v) is 5.65. The maximum Gasteiger partial charge on any atom is 0.144 e. The SMILES string of the molecule is N#C/C(=C\C=O)c1ccco1. The predicted octanol–water partition coefficient (Wildman–Crippen LogP) is 1.39. The van der Waals surface area contributed by atoms with Gasteiger partial charge in [-0.25, -0.2) is 0 Å². The standard InChI is InChI=1S/C8H5NO2/c9-6-7(3-4-10)8-2-1-5-11-8/h1-5H/b7-3+. The van der Waals surface area contributed by atoms with Gasteiger partial charge in [0, 0.05) is 0 Å². The molecule has 0 radical (unpaired) electrons. The lowest BCUT2D eigenvalue weighted by Crippen LogP contribution is -1.76. The van der Waals surface area contributed by atoms with Gasteiger partial charge in [-0.3, -0.25) is 4.79 Å². The maximum absolute atomic E-state index is 10.0. The Bertz CT molecular complexity index is 303. The third-order valence-corrected chi connectivity index (χ3v) is 1.14. The van der Waals surface area contributed by atoms with E-state index < -0.39 is 0 Å². The Labute approximate surface area is 63.5 Å². The average Bonchev–Trinajstić information content (AvgIpc) is 2.52. The number of furan rings is 1. The van der Waals surface area contributed by atoms with Crippen LogP contribution in [0.1, 0.15) is 5.76 Å². The Kier molecular flexibility index (Phi) is 2.24. The highest BCUT2D eigenvalue weighted by molar-refractivity contribution is 5.86. The van der Waals surface area contributed by atoms with Crippen LogP contribution in [0, 0.1) is 11.3 Å². The summed E-state index contributed by atoms with van der Waals surface area (Å²) in [6.07, 6.45) is 3.17. The normalized spacial score (nSPS) is 10.6. The molecule has 0 atom stereocenters. The number of hydrogen-bond donors (Lipinski definition) is 0. The summed E-state index contributed by atoms with van der Waals surface area (Å²) in [5, 5.41) is 8.49. The van der Waals surface area contributed by atoms with Gasteiger partial charge in [0.1, 0.15) is 18.1 Å². The molecule has 0 fully saturated rings. The molecule has 1 rings (SSSR count). The number of aldehydes is 1. The van der Waals surface area contributed by atoms with E-state index in [-0.39, 0.29) is 5.57 Å². The first kappa shape index (κ1) is 7.29. The van der Waals surface area contributed by atoms with E-state index in [9.17, 15) is 4.79 Å². The maximum atomic E-state index is 10.0. The number of allylic oxidation sites excluding steroid dienone is 2. The van der Waals surface area contributed by atoms with Crippen molar-refractivity contribution < 1.29 is 9.21 Å². The third kappa shape index (κ3) is 1.55. The lowest BCUT2D eigenvalue weighted by Gasteiger charge is -1.86. The second-order valence-electron chi connectivity index (χ2n) is 1.81. The van der Waals surface area contributed by atoms with Crippen LogP contribution in [0.2, 0.25) is 0 Å². The highest BCUT2D eigenvalue weighted by atomic mass is 16.3. The van der Waals surface area contributed by atoms with Gasteiger partial charge >= 0.3 is 0 Å². The number of carbonyl (C=O) groups is 1. The smallest absolute Gasteiger partial charge is 0.144 e. The molecule has 0 spiro atoms. The van der Waals surface area contributed by atoms with Gasteiger partial charge in [0.15, 0.2) is 0 Å². The zero-order chi connectivity index (χ0) is 8.10. The van der Waals surface area contributed by atoms with E-state index in [1.165, 1.54) is 12.3 Å². The van der Waals surface area contributed by atoms with Gasteiger partial charge in [0.05, 0.1) is 11.8 Å². The Hall–Kier alpha value is -1.82. The number of hydrogen-bond acceptors (Lipinski definition) is 3. The molecule has 11 heavy (non-hydrogen) atoms. The number of nitriles is 1. The van der Waals surface area contributed by atoms with E-state index in [2.05, 4.69) is 0 Å². The topological polar surface area (TPSA) is 54.0 Å². The summed E-state index contributed by atoms with van der Waals surface area (Å²) in [5.41, 5.74) is 0.241. The van der Waals surface area contributed by atoms with E-state index in [1.54, 1.807) is 12.1 Å². The predicted molar refractivity (Wildman–Crippen MR) is 38.4 cm³/mol. The van der Waals surface area contributed by atoms with Crippen LogP contribution in [0.4, 0.5) is 0 Å². The number of carbonyl (C=O) groups excluding carboxylic acids is 1. The van der Waals surface area contributed by atoms with Gasteiger partial charge in [0.2, 0.25) is 0 Å². The van der Waals surface area contributed by atoms with Crippen LogP contribution in [-0.4, -0.2) is 6.29 Å². The summed E-state index contributed by atoms with van der Waals surface area (Å²) < 4.78 is 4.89. The van der Waals surface area contributed by atoms with Crippen LogP contribution < -0.4 is 0 Å². The largest absolute Gasteiger partial charge is 0.464 e. The molecule has 0 unspecified atom stereocenters. The van der Waals surface area contributed by atoms with E-state index >= 15 is 0 Å². The molecule has 0 N–H and O–H groups in total. The quantitative estimate of drug-likeness (QED) is 0.360. The molecule has 0 saturated carbocycles. The second-order valence-corrected chi connectivity index (χ2v) is 1.81. The van der Waals surface area contributed by atoms with Crippen molar-refractivity contribution in [3.63, 3.8) is 0 Å². The second kappa shape index (κ2) is 3.37. The van der Waals surface area contributed by atoms with Gasteiger partial charge < -0.3 is 4.42 Å². The van der Waals surface area contributed by atoms with Crippen LogP contribution >= 0.6 is 0 Å². The fourth-order valence-corrected chi connectivity index (χ4v) is 0.674. The van der Waals surface area contributed by atoms with Crippen molar-refractivity contribution in [3.05, 3.63) is 30.2 Å². The van der Waals surface area contributed by atoms with Crippen molar-refractivity contribution in [1.29, 1.82) is 5.26 Å². The number of nitrogens with zero attached hydrogens (tertiary/aromatic N) is 1. The molecule has 3 heteroatoms. The molecule has 0 aliphatic carbocycles. The van der Waals surface area contributed by atoms with E-state index in [1.807, 2.05) is 6.07 Å². The van der Waals surface area contributed by atoms with Crippen LogP contribution in [0.25, 0.3) is 5.57 Å². The molecule has 0 aromatic carbocycles. The number of rotatable bonds is 2. The molecule has 0 saturated heterocycles. The first-order valence-electron chi connectivity index (χ1n) is 2.98. The lowest BCUT2D eigenvalue weighted by atomic mass is 10.2. The molecule has 54 valence electrons. The molecule has 0 bridgehead atoms. The lowest BCUT2D eigenvalue weighted by molar-refractivity contribution is -0.104. The Morgan fingerprint density at radius 3 is 3.00 bits per heavy atom. The molecule has 0 aliphatic rings. The van der Waals surface area contributed by atoms with Gasteiger partial charge in [-0.2, -0.15) is 5.26 Å². The molecule has 1 aromatic heterocycles. The van der Waals surface area contributed by atoms with Crippen LogP contribution in [0.5, 0.6) is 0 Å². The van der Waals surface area contributed by atoms with Gasteiger partial charge in [0.25, 0.3) is 0 Å². The molecular formula is C8H5NO2. The van der Waals surface area contributed by atoms with E-state index in [0.29, 0.717) is 12.0 Å². The Morgan fingerprint density at radius 1 is 1.73 bits per heavy atom. The fourth-order valence-electron chi connectivity index (χ4n) is 0.674. The minimum atomic E-state index is 0.241. The Morgan fingerprint density at radius 2 is 2.55 bits per heavy atom. The summed E-state index contributed by atoms with van der Waals surface area (Å²) in [5.74, 6) is 0.416. The fraction of sp³-hybridized carbons (Fsp3) is 0. The summed E-state index contributed by atoms with van der Waals surface area (Å²) >= 11 is 0. The van der Waals surface area contributed by atoms with Crippen molar-refractivity contribution in [3.8, 4) is 6.07 Å². The summed E-state index contributed by atoms with van der Waals surface area (Å²) in [6, 6.07) is 5.12. The summed E-state index contributed by atoms with van der Waals surface area (Å²) in [6.45, 7) is 0. The van der Waals surface area contributed by atoms with Crippen molar-refractivity contribution in [2.45, 2.75) is 0 Å².